The molecule has 0 aliphatic carbocycles. The predicted octanol–water partition coefficient (Wildman–Crippen LogP) is 2.51. The number of carbonyl (C=O) groups is 1. The highest BCUT2D eigenvalue weighted by Crippen LogP contribution is 2.25. The zero-order valence-electron chi connectivity index (χ0n) is 12.7. The van der Waals surface area contributed by atoms with Crippen LogP contribution in [0.1, 0.15) is 18.4 Å². The zero-order valence-corrected chi connectivity index (χ0v) is 14.3. The quantitative estimate of drug-likeness (QED) is 0.878. The van der Waals surface area contributed by atoms with Gasteiger partial charge in [-0.1, -0.05) is 11.6 Å². The third kappa shape index (κ3) is 4.17. The van der Waals surface area contributed by atoms with Crippen molar-refractivity contribution in [1.82, 2.24) is 9.97 Å². The summed E-state index contributed by atoms with van der Waals surface area (Å²) in [5, 5.41) is 2.71. The number of aromatic nitrogens is 2. The number of aryl methyl sites for hydroxylation is 2. The Hall–Kier alpha value is -2.19. The maximum Gasteiger partial charge on any atom is 0.263 e. The molecular formula is C14H15ClN4O3S. The number of anilines is 2. The number of nitrogens with zero attached hydrogens (tertiary/aromatic N) is 2. The highest BCUT2D eigenvalue weighted by atomic mass is 35.5. The molecule has 0 aliphatic heterocycles. The lowest BCUT2D eigenvalue weighted by Crippen LogP contribution is -2.15. The number of sulfonamides is 1. The maximum atomic E-state index is 12.4. The molecule has 0 aliphatic rings. The van der Waals surface area contributed by atoms with Crippen LogP contribution in [0.2, 0.25) is 5.02 Å². The van der Waals surface area contributed by atoms with Gasteiger partial charge >= 0.3 is 0 Å². The normalized spacial score (nSPS) is 11.1. The third-order valence-corrected chi connectivity index (χ3v) is 4.65. The number of nitrogens with one attached hydrogen (secondary N) is 2. The van der Waals surface area contributed by atoms with Crippen LogP contribution < -0.4 is 10.0 Å². The molecule has 1 aromatic heterocycles. The summed E-state index contributed by atoms with van der Waals surface area (Å²) in [5.41, 5.74) is 0.987. The van der Waals surface area contributed by atoms with Gasteiger partial charge in [-0.3, -0.25) is 9.52 Å². The van der Waals surface area contributed by atoms with Crippen molar-refractivity contribution in [3.8, 4) is 0 Å². The second-order valence-corrected chi connectivity index (χ2v) is 6.89. The molecule has 0 spiro atoms. The highest BCUT2D eigenvalue weighted by molar-refractivity contribution is 7.92. The monoisotopic (exact) mass is 354 g/mol. The summed E-state index contributed by atoms with van der Waals surface area (Å²) < 4.78 is 27.1. The second kappa shape index (κ2) is 6.51. The van der Waals surface area contributed by atoms with Crippen molar-refractivity contribution in [1.29, 1.82) is 0 Å². The molecule has 1 heterocycles. The first kappa shape index (κ1) is 17.2. The molecule has 0 fully saturated rings. The molecule has 0 saturated carbocycles. The van der Waals surface area contributed by atoms with Crippen molar-refractivity contribution in [2.75, 3.05) is 10.0 Å². The average molecular weight is 355 g/mol. The van der Waals surface area contributed by atoms with Crippen LogP contribution in [0.4, 0.5) is 11.5 Å². The molecule has 122 valence electrons. The van der Waals surface area contributed by atoms with Crippen molar-refractivity contribution in [2.45, 2.75) is 25.7 Å². The molecule has 2 N–H and O–H groups in total. The maximum absolute atomic E-state index is 12.4. The summed E-state index contributed by atoms with van der Waals surface area (Å²) in [6, 6.07) is 5.74. The number of benzene rings is 1. The minimum atomic E-state index is -3.85. The van der Waals surface area contributed by atoms with Gasteiger partial charge in [-0.2, -0.15) is 0 Å². The average Bonchev–Trinajstić information content (AvgIpc) is 2.44. The third-order valence-electron chi connectivity index (χ3n) is 2.84. The van der Waals surface area contributed by atoms with E-state index in [4.69, 9.17) is 11.6 Å². The summed E-state index contributed by atoms with van der Waals surface area (Å²) in [5.74, 6) is 0.200. The first-order valence-electron chi connectivity index (χ1n) is 6.60. The van der Waals surface area contributed by atoms with Crippen LogP contribution in [0.25, 0.3) is 0 Å². The van der Waals surface area contributed by atoms with E-state index in [1.807, 2.05) is 0 Å². The number of halogens is 1. The summed E-state index contributed by atoms with van der Waals surface area (Å²) in [6.07, 6.45) is 0. The van der Waals surface area contributed by atoms with Crippen LogP contribution in [-0.4, -0.2) is 24.3 Å². The van der Waals surface area contributed by atoms with Gasteiger partial charge in [0, 0.05) is 12.6 Å². The van der Waals surface area contributed by atoms with E-state index >= 15 is 0 Å². The van der Waals surface area contributed by atoms with Gasteiger partial charge < -0.3 is 5.32 Å². The van der Waals surface area contributed by atoms with Crippen molar-refractivity contribution < 1.29 is 13.2 Å². The summed E-state index contributed by atoms with van der Waals surface area (Å²) in [6.45, 7) is 4.67. The lowest BCUT2D eigenvalue weighted by Gasteiger charge is -2.11. The molecular weight excluding hydrogens is 340 g/mol. The molecule has 0 saturated heterocycles. The van der Waals surface area contributed by atoms with E-state index in [9.17, 15) is 13.2 Å². The Morgan fingerprint density at radius 3 is 2.30 bits per heavy atom. The van der Waals surface area contributed by atoms with Crippen LogP contribution >= 0.6 is 11.6 Å². The van der Waals surface area contributed by atoms with E-state index in [1.165, 1.54) is 31.2 Å². The topological polar surface area (TPSA) is 101 Å². The predicted molar refractivity (Wildman–Crippen MR) is 88.1 cm³/mol. The van der Waals surface area contributed by atoms with E-state index < -0.39 is 10.0 Å². The van der Waals surface area contributed by atoms with Crippen molar-refractivity contribution in [2.24, 2.45) is 0 Å². The van der Waals surface area contributed by atoms with Gasteiger partial charge in [0.25, 0.3) is 10.0 Å². The number of hydrogen-bond acceptors (Lipinski definition) is 5. The minimum absolute atomic E-state index is 0.0246. The molecule has 2 aromatic rings. The molecule has 2 rings (SSSR count). The number of hydrogen-bond donors (Lipinski definition) is 2. The summed E-state index contributed by atoms with van der Waals surface area (Å²) in [7, 11) is -3.85. The standard InChI is InChI=1S/C14H15ClN4O3S/c1-8-13(15)14(17-9(2)16-8)19-23(21,22)12-6-4-11(5-7-12)18-10(3)20/h4-7H,1-3H3,(H,18,20)(H,16,17,19). The Bertz CT molecular complexity index is 851. The Morgan fingerprint density at radius 2 is 1.74 bits per heavy atom. The summed E-state index contributed by atoms with van der Waals surface area (Å²) in [4.78, 5) is 19.1. The Kier molecular flexibility index (Phi) is 4.86. The second-order valence-electron chi connectivity index (χ2n) is 4.83. The van der Waals surface area contributed by atoms with E-state index in [0.717, 1.165) is 0 Å². The minimum Gasteiger partial charge on any atom is -0.326 e. The smallest absolute Gasteiger partial charge is 0.263 e. The number of rotatable bonds is 4. The van der Waals surface area contributed by atoms with Crippen LogP contribution in [0.15, 0.2) is 29.2 Å². The van der Waals surface area contributed by atoms with Gasteiger partial charge in [-0.05, 0) is 38.1 Å². The van der Waals surface area contributed by atoms with Gasteiger partial charge in [-0.15, -0.1) is 0 Å². The fourth-order valence-corrected chi connectivity index (χ4v) is 3.08. The Morgan fingerprint density at radius 1 is 1.13 bits per heavy atom. The van der Waals surface area contributed by atoms with Crippen molar-refractivity contribution in [3.63, 3.8) is 0 Å². The summed E-state index contributed by atoms with van der Waals surface area (Å²) >= 11 is 6.04. The zero-order chi connectivity index (χ0) is 17.2. The lowest BCUT2D eigenvalue weighted by molar-refractivity contribution is -0.114. The molecule has 9 heteroatoms. The van der Waals surface area contributed by atoms with Crippen LogP contribution in [0, 0.1) is 13.8 Å². The fraction of sp³-hybridized carbons (Fsp3) is 0.214. The first-order valence-corrected chi connectivity index (χ1v) is 8.46. The molecule has 0 atom stereocenters. The van der Waals surface area contributed by atoms with E-state index in [1.54, 1.807) is 13.8 Å². The first-order chi connectivity index (χ1) is 10.7. The Balaban J connectivity index is 2.30. The molecule has 0 unspecified atom stereocenters. The van der Waals surface area contributed by atoms with Gasteiger partial charge in [-0.25, -0.2) is 18.4 Å². The molecule has 1 amide bonds. The molecule has 0 radical (unpaired) electrons. The molecule has 0 bridgehead atoms. The highest BCUT2D eigenvalue weighted by Gasteiger charge is 2.18. The lowest BCUT2D eigenvalue weighted by atomic mass is 10.3. The van der Waals surface area contributed by atoms with E-state index in [2.05, 4.69) is 20.0 Å². The SMILES string of the molecule is CC(=O)Nc1ccc(S(=O)(=O)Nc2nc(C)nc(C)c2Cl)cc1. The van der Waals surface area contributed by atoms with E-state index in [-0.39, 0.29) is 21.6 Å². The fourth-order valence-electron chi connectivity index (χ4n) is 1.87. The van der Waals surface area contributed by atoms with E-state index in [0.29, 0.717) is 17.2 Å². The van der Waals surface area contributed by atoms with Crippen LogP contribution in [0.5, 0.6) is 0 Å². The van der Waals surface area contributed by atoms with Crippen molar-refractivity contribution >= 4 is 39.0 Å². The number of carbonyl (C=O) groups excluding carboxylic acids is 1. The van der Waals surface area contributed by atoms with Gasteiger partial charge in [0.15, 0.2) is 5.82 Å². The van der Waals surface area contributed by atoms with Crippen LogP contribution in [0.3, 0.4) is 0 Å². The van der Waals surface area contributed by atoms with Gasteiger partial charge in [0.1, 0.15) is 10.8 Å². The van der Waals surface area contributed by atoms with Gasteiger partial charge in [0.2, 0.25) is 5.91 Å². The molecule has 7 nitrogen and oxygen atoms in total. The molecule has 23 heavy (non-hydrogen) atoms. The van der Waals surface area contributed by atoms with Crippen molar-refractivity contribution in [3.05, 3.63) is 40.8 Å². The van der Waals surface area contributed by atoms with Crippen LogP contribution in [-0.2, 0) is 14.8 Å². The van der Waals surface area contributed by atoms with Gasteiger partial charge in [0.05, 0.1) is 10.6 Å². The Labute approximate surface area is 139 Å². The molecule has 1 aromatic carbocycles. The largest absolute Gasteiger partial charge is 0.326 e. The number of amides is 1.